The first-order valence-corrected chi connectivity index (χ1v) is 8.39. The molecule has 1 aromatic rings. The van der Waals surface area contributed by atoms with Crippen LogP contribution in [0, 0.1) is 11.7 Å². The molecule has 0 bridgehead atoms. The molecular weight excluding hydrogens is 335 g/mol. The molecule has 1 aliphatic rings. The largest absolute Gasteiger partial charge is 0.389 e. The summed E-state index contributed by atoms with van der Waals surface area (Å²) in [4.78, 5) is 16.2. The average molecular weight is 359 g/mol. The van der Waals surface area contributed by atoms with Crippen molar-refractivity contribution in [3.8, 4) is 0 Å². The average Bonchev–Trinajstić information content (AvgIpc) is 2.84. The maximum atomic E-state index is 13.6. The molecule has 1 aromatic carbocycles. The molecular formula is C17H24ClFN2O3. The van der Waals surface area contributed by atoms with Crippen LogP contribution in [0.4, 0.5) is 4.39 Å². The normalized spacial score (nSPS) is 22.8. The molecule has 7 heteroatoms. The van der Waals surface area contributed by atoms with E-state index in [0.29, 0.717) is 19.6 Å². The van der Waals surface area contributed by atoms with E-state index < -0.39 is 18.0 Å². The van der Waals surface area contributed by atoms with Crippen molar-refractivity contribution in [1.82, 2.24) is 9.80 Å². The predicted octanol–water partition coefficient (Wildman–Crippen LogP) is 1.61. The van der Waals surface area contributed by atoms with Crippen LogP contribution < -0.4 is 0 Å². The van der Waals surface area contributed by atoms with Crippen molar-refractivity contribution in [2.75, 3.05) is 26.7 Å². The zero-order valence-corrected chi connectivity index (χ0v) is 14.9. The van der Waals surface area contributed by atoms with Crippen LogP contribution >= 0.6 is 11.6 Å². The Bertz CT molecular complexity index is 589. The Labute approximate surface area is 146 Å². The van der Waals surface area contributed by atoms with Crippen molar-refractivity contribution in [3.63, 3.8) is 0 Å². The summed E-state index contributed by atoms with van der Waals surface area (Å²) in [6.07, 6.45) is -1.52. The van der Waals surface area contributed by atoms with Crippen molar-refractivity contribution in [2.45, 2.75) is 32.1 Å². The second-order valence-electron chi connectivity index (χ2n) is 6.71. The maximum Gasteiger partial charge on any atom is 0.254 e. The number of carbonyl (C=O) groups excluding carboxylic acids is 1. The number of hydrogen-bond donors (Lipinski definition) is 2. The summed E-state index contributed by atoms with van der Waals surface area (Å²) in [7, 11) is 1.68. The van der Waals surface area contributed by atoms with Gasteiger partial charge in [-0.2, -0.15) is 0 Å². The van der Waals surface area contributed by atoms with Crippen LogP contribution in [0.1, 0.15) is 24.2 Å². The van der Waals surface area contributed by atoms with Crippen LogP contribution in [-0.4, -0.2) is 70.9 Å². The molecule has 0 radical (unpaired) electrons. The highest BCUT2D eigenvalue weighted by Crippen LogP contribution is 2.20. The minimum absolute atomic E-state index is 0.0188. The van der Waals surface area contributed by atoms with Crippen molar-refractivity contribution >= 4 is 17.5 Å². The van der Waals surface area contributed by atoms with Gasteiger partial charge in [0.25, 0.3) is 5.91 Å². The lowest BCUT2D eigenvalue weighted by atomic mass is 10.0. The molecule has 0 aromatic heterocycles. The summed E-state index contributed by atoms with van der Waals surface area (Å²) in [5, 5.41) is 19.3. The van der Waals surface area contributed by atoms with Gasteiger partial charge in [-0.25, -0.2) is 4.39 Å². The zero-order chi connectivity index (χ0) is 18.0. The first-order chi connectivity index (χ1) is 11.2. The summed E-state index contributed by atoms with van der Waals surface area (Å²) in [5.74, 6) is -0.752. The van der Waals surface area contributed by atoms with E-state index in [4.69, 9.17) is 11.6 Å². The Hall–Kier alpha value is -1.21. The second kappa shape index (κ2) is 7.78. The van der Waals surface area contributed by atoms with Gasteiger partial charge in [0.05, 0.1) is 17.2 Å². The van der Waals surface area contributed by atoms with E-state index in [-0.39, 0.29) is 28.5 Å². The second-order valence-corrected chi connectivity index (χ2v) is 7.12. The van der Waals surface area contributed by atoms with Crippen LogP contribution in [-0.2, 0) is 0 Å². The van der Waals surface area contributed by atoms with Gasteiger partial charge in [0, 0.05) is 38.3 Å². The number of aliphatic hydroxyl groups is 2. The third-order valence-electron chi connectivity index (χ3n) is 4.53. The van der Waals surface area contributed by atoms with E-state index in [9.17, 15) is 19.4 Å². The molecule has 0 spiro atoms. The molecule has 24 heavy (non-hydrogen) atoms. The van der Waals surface area contributed by atoms with Gasteiger partial charge in [0.15, 0.2) is 0 Å². The third kappa shape index (κ3) is 4.25. The molecule has 1 saturated heterocycles. The topological polar surface area (TPSA) is 64.0 Å². The molecule has 1 fully saturated rings. The smallest absolute Gasteiger partial charge is 0.254 e. The van der Waals surface area contributed by atoms with Gasteiger partial charge in [-0.15, -0.1) is 0 Å². The molecule has 1 unspecified atom stereocenters. The molecule has 1 aliphatic heterocycles. The van der Waals surface area contributed by atoms with Crippen molar-refractivity contribution in [2.24, 2.45) is 5.92 Å². The Balaban J connectivity index is 2.11. The number of β-amino-alcohol motifs (C(OH)–C–C–N with tert-alkyl or cyclic N) is 2. The van der Waals surface area contributed by atoms with E-state index in [1.807, 2.05) is 18.7 Å². The lowest BCUT2D eigenvalue weighted by molar-refractivity contribution is 0.0572. The highest BCUT2D eigenvalue weighted by atomic mass is 35.5. The zero-order valence-electron chi connectivity index (χ0n) is 14.1. The molecule has 0 aliphatic carbocycles. The molecule has 1 amide bonds. The number of benzene rings is 1. The Morgan fingerprint density at radius 2 is 1.96 bits per heavy atom. The van der Waals surface area contributed by atoms with Gasteiger partial charge in [-0.3, -0.25) is 9.69 Å². The Morgan fingerprint density at radius 3 is 2.46 bits per heavy atom. The number of rotatable bonds is 5. The maximum absolute atomic E-state index is 13.6. The van der Waals surface area contributed by atoms with Gasteiger partial charge in [-0.05, 0) is 24.1 Å². The minimum Gasteiger partial charge on any atom is -0.389 e. The van der Waals surface area contributed by atoms with Gasteiger partial charge in [-0.1, -0.05) is 25.4 Å². The molecule has 1 heterocycles. The molecule has 134 valence electrons. The number of amides is 1. The number of carbonyl (C=O) groups is 1. The van der Waals surface area contributed by atoms with E-state index in [1.54, 1.807) is 11.9 Å². The standard InChI is InChI=1S/C17H24ClFN2O3/c1-10(2)14(7-21-8-15(22)16(23)9-21)20(3)17(24)11-4-5-12(18)13(19)6-11/h4-6,10,14-16,22-23H,7-9H2,1-3H3/t14?,15-,16-/m0/s1. The molecule has 0 saturated carbocycles. The first kappa shape index (κ1) is 19.1. The van der Waals surface area contributed by atoms with Crippen LogP contribution in [0.3, 0.4) is 0 Å². The highest BCUT2D eigenvalue weighted by molar-refractivity contribution is 6.30. The van der Waals surface area contributed by atoms with Gasteiger partial charge >= 0.3 is 0 Å². The molecule has 3 atom stereocenters. The molecule has 2 N–H and O–H groups in total. The number of halogens is 2. The van der Waals surface area contributed by atoms with E-state index >= 15 is 0 Å². The Kier molecular flexibility index (Phi) is 6.20. The predicted molar refractivity (Wildman–Crippen MR) is 90.6 cm³/mol. The van der Waals surface area contributed by atoms with Crippen molar-refractivity contribution in [1.29, 1.82) is 0 Å². The van der Waals surface area contributed by atoms with Gasteiger partial charge < -0.3 is 15.1 Å². The summed E-state index contributed by atoms with van der Waals surface area (Å²) in [6.45, 7) is 5.29. The van der Waals surface area contributed by atoms with Crippen molar-refractivity contribution < 1.29 is 19.4 Å². The number of hydrogen-bond acceptors (Lipinski definition) is 4. The lowest BCUT2D eigenvalue weighted by Crippen LogP contribution is -2.47. The van der Waals surface area contributed by atoms with Gasteiger partial charge in [0.1, 0.15) is 5.82 Å². The summed E-state index contributed by atoms with van der Waals surface area (Å²) < 4.78 is 13.6. The van der Waals surface area contributed by atoms with E-state index in [1.165, 1.54) is 12.1 Å². The number of likely N-dealkylation sites (tertiary alicyclic amines) is 1. The monoisotopic (exact) mass is 358 g/mol. The SMILES string of the molecule is CC(C)C(CN1C[C@H](O)[C@@H](O)C1)N(C)C(=O)c1ccc(Cl)c(F)c1. The van der Waals surface area contributed by atoms with Crippen LogP contribution in [0.15, 0.2) is 18.2 Å². The fraction of sp³-hybridized carbons (Fsp3) is 0.588. The molecule has 2 rings (SSSR count). The highest BCUT2D eigenvalue weighted by Gasteiger charge is 2.33. The fourth-order valence-corrected chi connectivity index (χ4v) is 3.14. The van der Waals surface area contributed by atoms with Gasteiger partial charge in [0.2, 0.25) is 0 Å². The van der Waals surface area contributed by atoms with E-state index in [2.05, 4.69) is 0 Å². The number of nitrogens with zero attached hydrogens (tertiary/aromatic N) is 2. The van der Waals surface area contributed by atoms with Crippen LogP contribution in [0.25, 0.3) is 0 Å². The Morgan fingerprint density at radius 1 is 1.38 bits per heavy atom. The van der Waals surface area contributed by atoms with Crippen LogP contribution in [0.5, 0.6) is 0 Å². The van der Waals surface area contributed by atoms with Crippen LogP contribution in [0.2, 0.25) is 5.02 Å². The lowest BCUT2D eigenvalue weighted by Gasteiger charge is -2.34. The summed E-state index contributed by atoms with van der Waals surface area (Å²) in [5.41, 5.74) is 0.242. The minimum atomic E-state index is -0.760. The summed E-state index contributed by atoms with van der Waals surface area (Å²) >= 11 is 5.66. The number of likely N-dealkylation sites (N-methyl/N-ethyl adjacent to an activating group) is 1. The number of aliphatic hydroxyl groups excluding tert-OH is 2. The molecule has 5 nitrogen and oxygen atoms in total. The third-order valence-corrected chi connectivity index (χ3v) is 4.84. The van der Waals surface area contributed by atoms with E-state index in [0.717, 1.165) is 6.07 Å². The van der Waals surface area contributed by atoms with Crippen molar-refractivity contribution in [3.05, 3.63) is 34.6 Å². The quantitative estimate of drug-likeness (QED) is 0.839. The first-order valence-electron chi connectivity index (χ1n) is 8.01. The fourth-order valence-electron chi connectivity index (χ4n) is 3.02. The summed E-state index contributed by atoms with van der Waals surface area (Å²) in [6, 6.07) is 3.89.